The van der Waals surface area contributed by atoms with Gasteiger partial charge in [-0.1, -0.05) is 0 Å². The van der Waals surface area contributed by atoms with Crippen molar-refractivity contribution in [2.24, 2.45) is 4.99 Å². The fraction of sp³-hybridized carbons (Fsp3) is 0.667. The molecule has 1 atom stereocenters. The average molecular weight is 462 g/mol. The molecule has 6 nitrogen and oxygen atoms in total. The van der Waals surface area contributed by atoms with E-state index in [2.05, 4.69) is 34.5 Å². The van der Waals surface area contributed by atoms with Crippen LogP contribution in [0, 0.1) is 0 Å². The van der Waals surface area contributed by atoms with E-state index >= 15 is 0 Å². The first kappa shape index (κ1) is 22.0. The molecule has 1 aliphatic rings. The van der Waals surface area contributed by atoms with Crippen LogP contribution in [0.3, 0.4) is 0 Å². The quantitative estimate of drug-likeness (QED) is 0.353. The molecule has 0 spiro atoms. The van der Waals surface area contributed by atoms with E-state index in [1.165, 1.54) is 12.8 Å². The van der Waals surface area contributed by atoms with E-state index in [-0.39, 0.29) is 30.0 Å². The Labute approximate surface area is 168 Å². The van der Waals surface area contributed by atoms with Gasteiger partial charge in [0.15, 0.2) is 5.96 Å². The summed E-state index contributed by atoms with van der Waals surface area (Å²) in [5.74, 6) is 1.50. The predicted molar refractivity (Wildman–Crippen MR) is 112 cm³/mol. The van der Waals surface area contributed by atoms with Crippen LogP contribution in [-0.2, 0) is 11.3 Å². The zero-order valence-electron chi connectivity index (χ0n) is 15.5. The molecule has 1 aliphatic carbocycles. The molecule has 0 aromatic carbocycles. The van der Waals surface area contributed by atoms with Crippen molar-refractivity contribution in [1.82, 2.24) is 15.6 Å². The molecule has 1 aromatic heterocycles. The summed E-state index contributed by atoms with van der Waals surface area (Å²) >= 11 is 0. The standard InChI is InChI=1S/C18H30N4O2.HI/c1-4-19-18(22-14(2)13-23-3)21-12-15-9-10-20-17(11-15)24-16-7-5-6-8-16;/h9-11,14,16H,4-8,12-13H2,1-3H3,(H2,19,21,22);1H. The van der Waals surface area contributed by atoms with Gasteiger partial charge in [-0.3, -0.25) is 0 Å². The number of methoxy groups -OCH3 is 1. The third-order valence-electron chi connectivity index (χ3n) is 3.95. The van der Waals surface area contributed by atoms with Gasteiger partial charge in [-0.05, 0) is 51.2 Å². The van der Waals surface area contributed by atoms with Crippen LogP contribution in [0.25, 0.3) is 0 Å². The van der Waals surface area contributed by atoms with Gasteiger partial charge in [0.2, 0.25) is 5.88 Å². The van der Waals surface area contributed by atoms with Crippen molar-refractivity contribution in [3.8, 4) is 5.88 Å². The first-order valence-electron chi connectivity index (χ1n) is 8.86. The third-order valence-corrected chi connectivity index (χ3v) is 3.95. The molecular weight excluding hydrogens is 431 g/mol. The number of nitrogens with zero attached hydrogens (tertiary/aromatic N) is 2. The fourth-order valence-corrected chi connectivity index (χ4v) is 2.81. The van der Waals surface area contributed by atoms with Crippen LogP contribution < -0.4 is 15.4 Å². The maximum absolute atomic E-state index is 5.96. The first-order chi connectivity index (χ1) is 11.7. The number of guanidine groups is 1. The summed E-state index contributed by atoms with van der Waals surface area (Å²) in [4.78, 5) is 8.95. The van der Waals surface area contributed by atoms with Gasteiger partial charge in [-0.15, -0.1) is 24.0 Å². The van der Waals surface area contributed by atoms with E-state index in [0.29, 0.717) is 25.1 Å². The highest BCUT2D eigenvalue weighted by Gasteiger charge is 2.17. The minimum Gasteiger partial charge on any atom is -0.474 e. The van der Waals surface area contributed by atoms with Crippen LogP contribution in [0.5, 0.6) is 5.88 Å². The van der Waals surface area contributed by atoms with E-state index in [0.717, 1.165) is 30.9 Å². The molecule has 1 heterocycles. The summed E-state index contributed by atoms with van der Waals surface area (Å²) < 4.78 is 11.1. The summed E-state index contributed by atoms with van der Waals surface area (Å²) in [6, 6.07) is 4.17. The van der Waals surface area contributed by atoms with Crippen molar-refractivity contribution in [3.05, 3.63) is 23.9 Å². The highest BCUT2D eigenvalue weighted by molar-refractivity contribution is 14.0. The molecule has 0 radical (unpaired) electrons. The number of aliphatic imine (C=N–C) groups is 1. The Morgan fingerprint density at radius 2 is 2.16 bits per heavy atom. The second-order valence-corrected chi connectivity index (χ2v) is 6.22. The fourth-order valence-electron chi connectivity index (χ4n) is 2.81. The Morgan fingerprint density at radius 1 is 1.40 bits per heavy atom. The zero-order chi connectivity index (χ0) is 17.2. The largest absolute Gasteiger partial charge is 0.474 e. The lowest BCUT2D eigenvalue weighted by Gasteiger charge is -2.17. The average Bonchev–Trinajstić information content (AvgIpc) is 3.06. The number of hydrogen-bond acceptors (Lipinski definition) is 4. The minimum absolute atomic E-state index is 0. The van der Waals surface area contributed by atoms with Crippen LogP contribution in [0.1, 0.15) is 45.1 Å². The van der Waals surface area contributed by atoms with E-state index in [4.69, 9.17) is 9.47 Å². The molecule has 0 bridgehead atoms. The molecular formula is C18H31IN4O2. The molecule has 142 valence electrons. The molecule has 0 aliphatic heterocycles. The molecule has 25 heavy (non-hydrogen) atoms. The van der Waals surface area contributed by atoms with Crippen molar-refractivity contribution in [3.63, 3.8) is 0 Å². The molecule has 1 aromatic rings. The maximum atomic E-state index is 5.96. The van der Waals surface area contributed by atoms with Crippen molar-refractivity contribution in [1.29, 1.82) is 0 Å². The third kappa shape index (κ3) is 8.22. The van der Waals surface area contributed by atoms with Gasteiger partial charge in [0, 0.05) is 32.0 Å². The van der Waals surface area contributed by atoms with Crippen molar-refractivity contribution in [2.45, 2.75) is 58.2 Å². The normalized spacial score (nSPS) is 16.2. The number of ether oxygens (including phenoxy) is 2. The van der Waals surface area contributed by atoms with Gasteiger partial charge in [0.1, 0.15) is 6.10 Å². The SMILES string of the molecule is CCNC(=NCc1ccnc(OC2CCCC2)c1)NC(C)COC.I. The van der Waals surface area contributed by atoms with E-state index in [1.807, 2.05) is 12.1 Å². The second kappa shape index (κ2) is 12.3. The lowest BCUT2D eigenvalue weighted by Crippen LogP contribution is -2.43. The summed E-state index contributed by atoms with van der Waals surface area (Å²) in [5, 5.41) is 6.58. The highest BCUT2D eigenvalue weighted by atomic mass is 127. The Morgan fingerprint density at radius 3 is 2.84 bits per heavy atom. The smallest absolute Gasteiger partial charge is 0.213 e. The van der Waals surface area contributed by atoms with Gasteiger partial charge >= 0.3 is 0 Å². The van der Waals surface area contributed by atoms with E-state index in [1.54, 1.807) is 13.3 Å². The highest BCUT2D eigenvalue weighted by Crippen LogP contribution is 2.23. The molecule has 1 fully saturated rings. The van der Waals surface area contributed by atoms with E-state index in [9.17, 15) is 0 Å². The summed E-state index contributed by atoms with van der Waals surface area (Å²) in [6.45, 7) is 6.16. The van der Waals surface area contributed by atoms with Gasteiger partial charge in [0.25, 0.3) is 0 Å². The Kier molecular flexibility index (Phi) is 10.8. The van der Waals surface area contributed by atoms with Crippen molar-refractivity contribution >= 4 is 29.9 Å². The lowest BCUT2D eigenvalue weighted by atomic mass is 10.2. The number of halogens is 1. The molecule has 0 saturated heterocycles. The molecule has 1 unspecified atom stereocenters. The Hall–Kier alpha value is -1.09. The number of aromatic nitrogens is 1. The molecule has 2 rings (SSSR count). The second-order valence-electron chi connectivity index (χ2n) is 6.22. The Balaban J connectivity index is 0.00000312. The van der Waals surface area contributed by atoms with Gasteiger partial charge in [-0.25, -0.2) is 9.98 Å². The predicted octanol–water partition coefficient (Wildman–Crippen LogP) is 3.11. The molecule has 2 N–H and O–H groups in total. The summed E-state index contributed by atoms with van der Waals surface area (Å²) in [7, 11) is 1.70. The zero-order valence-corrected chi connectivity index (χ0v) is 17.8. The molecule has 0 amide bonds. The Bertz CT molecular complexity index is 522. The monoisotopic (exact) mass is 462 g/mol. The van der Waals surface area contributed by atoms with Crippen LogP contribution in [0.2, 0.25) is 0 Å². The first-order valence-corrected chi connectivity index (χ1v) is 8.86. The van der Waals surface area contributed by atoms with Crippen LogP contribution >= 0.6 is 24.0 Å². The van der Waals surface area contributed by atoms with Gasteiger partial charge < -0.3 is 20.1 Å². The van der Waals surface area contributed by atoms with Crippen molar-refractivity contribution in [2.75, 3.05) is 20.3 Å². The summed E-state index contributed by atoms with van der Waals surface area (Å²) in [6.07, 6.45) is 6.90. The van der Waals surface area contributed by atoms with Crippen molar-refractivity contribution < 1.29 is 9.47 Å². The maximum Gasteiger partial charge on any atom is 0.213 e. The van der Waals surface area contributed by atoms with Crippen LogP contribution in [0.4, 0.5) is 0 Å². The number of pyridine rings is 1. The van der Waals surface area contributed by atoms with Gasteiger partial charge in [-0.2, -0.15) is 0 Å². The number of nitrogens with one attached hydrogen (secondary N) is 2. The number of hydrogen-bond donors (Lipinski definition) is 2. The number of rotatable bonds is 8. The van der Waals surface area contributed by atoms with Crippen LogP contribution in [-0.4, -0.2) is 43.4 Å². The van der Waals surface area contributed by atoms with Crippen LogP contribution in [0.15, 0.2) is 23.3 Å². The molecule has 7 heteroatoms. The minimum atomic E-state index is 0. The lowest BCUT2D eigenvalue weighted by molar-refractivity contribution is 0.179. The summed E-state index contributed by atoms with van der Waals surface area (Å²) in [5.41, 5.74) is 1.09. The topological polar surface area (TPSA) is 67.8 Å². The molecule has 1 saturated carbocycles. The van der Waals surface area contributed by atoms with E-state index < -0.39 is 0 Å². The van der Waals surface area contributed by atoms with Gasteiger partial charge in [0.05, 0.1) is 13.2 Å².